The number of rotatable bonds is 6. The van der Waals surface area contributed by atoms with E-state index in [0.29, 0.717) is 23.0 Å². The van der Waals surface area contributed by atoms with Gasteiger partial charge in [-0.25, -0.2) is 4.98 Å². The number of thiazole rings is 1. The van der Waals surface area contributed by atoms with E-state index in [-0.39, 0.29) is 17.7 Å². The average molecular weight is 369 g/mol. The van der Waals surface area contributed by atoms with Crippen molar-refractivity contribution in [1.82, 2.24) is 10.3 Å². The maximum Gasteiger partial charge on any atom is 0.271 e. The SMILES string of the molecule is CC(C)C(=O)Nc1ccc(CNC(=O)c2csc(-c3ccco3)n2)cc1. The van der Waals surface area contributed by atoms with Crippen LogP contribution in [-0.4, -0.2) is 16.8 Å². The van der Waals surface area contributed by atoms with Crippen LogP contribution in [0.25, 0.3) is 10.8 Å². The fraction of sp³-hybridized carbons (Fsp3) is 0.211. The molecule has 0 radical (unpaired) electrons. The summed E-state index contributed by atoms with van der Waals surface area (Å²) in [5.74, 6) is 0.310. The molecule has 7 heteroatoms. The number of aromatic nitrogens is 1. The van der Waals surface area contributed by atoms with Crippen molar-refractivity contribution in [3.63, 3.8) is 0 Å². The van der Waals surface area contributed by atoms with Crippen LogP contribution in [0.4, 0.5) is 5.69 Å². The molecule has 0 aliphatic rings. The van der Waals surface area contributed by atoms with E-state index in [0.717, 1.165) is 11.3 Å². The van der Waals surface area contributed by atoms with E-state index in [1.165, 1.54) is 11.3 Å². The van der Waals surface area contributed by atoms with E-state index in [4.69, 9.17) is 4.42 Å². The van der Waals surface area contributed by atoms with E-state index in [9.17, 15) is 9.59 Å². The number of benzene rings is 1. The Morgan fingerprint density at radius 1 is 1.19 bits per heavy atom. The quantitative estimate of drug-likeness (QED) is 0.689. The van der Waals surface area contributed by atoms with Crippen LogP contribution in [0.3, 0.4) is 0 Å². The van der Waals surface area contributed by atoms with Crippen molar-refractivity contribution in [2.75, 3.05) is 5.32 Å². The van der Waals surface area contributed by atoms with Crippen LogP contribution in [0.1, 0.15) is 29.9 Å². The van der Waals surface area contributed by atoms with Crippen molar-refractivity contribution in [1.29, 1.82) is 0 Å². The molecule has 0 atom stereocenters. The van der Waals surface area contributed by atoms with Gasteiger partial charge in [-0.1, -0.05) is 26.0 Å². The van der Waals surface area contributed by atoms with E-state index in [1.807, 2.05) is 38.1 Å². The third-order valence-corrected chi connectivity index (χ3v) is 4.52. The standard InChI is InChI=1S/C19H19N3O3S/c1-12(2)17(23)21-14-7-5-13(6-8-14)10-20-18(24)15-11-26-19(22-15)16-4-3-9-25-16/h3-9,11-12H,10H2,1-2H3,(H,20,24)(H,21,23). The first-order chi connectivity index (χ1) is 12.5. The third kappa shape index (κ3) is 4.37. The van der Waals surface area contributed by atoms with Gasteiger partial charge in [-0.2, -0.15) is 0 Å². The normalized spacial score (nSPS) is 10.7. The number of hydrogen-bond donors (Lipinski definition) is 2. The van der Waals surface area contributed by atoms with Crippen molar-refractivity contribution < 1.29 is 14.0 Å². The largest absolute Gasteiger partial charge is 0.462 e. The number of carbonyl (C=O) groups is 2. The summed E-state index contributed by atoms with van der Waals surface area (Å²) in [6.45, 7) is 4.06. The molecule has 3 rings (SSSR count). The second-order valence-corrected chi connectivity index (χ2v) is 6.90. The maximum atomic E-state index is 12.2. The Morgan fingerprint density at radius 3 is 2.62 bits per heavy atom. The Hall–Kier alpha value is -2.93. The van der Waals surface area contributed by atoms with Crippen LogP contribution in [0.5, 0.6) is 0 Å². The molecule has 0 saturated heterocycles. The van der Waals surface area contributed by atoms with Crippen LogP contribution in [0.2, 0.25) is 0 Å². The van der Waals surface area contributed by atoms with Crippen LogP contribution < -0.4 is 10.6 Å². The fourth-order valence-corrected chi connectivity index (χ4v) is 2.92. The second-order valence-electron chi connectivity index (χ2n) is 6.04. The molecule has 2 N–H and O–H groups in total. The molecule has 2 aromatic heterocycles. The smallest absolute Gasteiger partial charge is 0.271 e. The molecule has 2 amide bonds. The fourth-order valence-electron chi connectivity index (χ4n) is 2.16. The van der Waals surface area contributed by atoms with Gasteiger partial charge in [0.1, 0.15) is 5.69 Å². The maximum absolute atomic E-state index is 12.2. The van der Waals surface area contributed by atoms with E-state index in [1.54, 1.807) is 23.8 Å². The summed E-state index contributed by atoms with van der Waals surface area (Å²) in [6.07, 6.45) is 1.57. The molecule has 3 aromatic rings. The Labute approximate surface area is 155 Å². The van der Waals surface area contributed by atoms with Gasteiger partial charge in [0, 0.05) is 23.5 Å². The Bertz CT molecular complexity index is 883. The number of nitrogens with zero attached hydrogens (tertiary/aromatic N) is 1. The molecule has 6 nitrogen and oxygen atoms in total. The molecule has 0 fully saturated rings. The number of nitrogens with one attached hydrogen (secondary N) is 2. The summed E-state index contributed by atoms with van der Waals surface area (Å²) in [5, 5.41) is 8.05. The summed E-state index contributed by atoms with van der Waals surface area (Å²) in [7, 11) is 0. The summed E-state index contributed by atoms with van der Waals surface area (Å²) in [6, 6.07) is 11.0. The molecule has 0 spiro atoms. The Kier molecular flexibility index (Phi) is 5.48. The van der Waals surface area contributed by atoms with E-state index < -0.39 is 0 Å². The topological polar surface area (TPSA) is 84.2 Å². The minimum Gasteiger partial charge on any atom is -0.462 e. The van der Waals surface area contributed by atoms with Crippen molar-refractivity contribution in [3.8, 4) is 10.8 Å². The predicted octanol–water partition coefficient (Wildman–Crippen LogP) is 3.93. The Morgan fingerprint density at radius 2 is 1.96 bits per heavy atom. The lowest BCUT2D eigenvalue weighted by atomic mass is 10.1. The van der Waals surface area contributed by atoms with Crippen LogP contribution in [0.15, 0.2) is 52.5 Å². The van der Waals surface area contributed by atoms with Crippen molar-refractivity contribution in [3.05, 3.63) is 59.3 Å². The number of carbonyl (C=O) groups excluding carboxylic acids is 2. The van der Waals surface area contributed by atoms with Gasteiger partial charge in [0.05, 0.1) is 6.26 Å². The zero-order valence-electron chi connectivity index (χ0n) is 14.5. The van der Waals surface area contributed by atoms with E-state index in [2.05, 4.69) is 15.6 Å². The van der Waals surface area contributed by atoms with Crippen molar-refractivity contribution >= 4 is 28.8 Å². The summed E-state index contributed by atoms with van der Waals surface area (Å²) in [5.41, 5.74) is 2.03. The molecule has 0 aliphatic carbocycles. The zero-order chi connectivity index (χ0) is 18.5. The van der Waals surface area contributed by atoms with Gasteiger partial charge in [0.15, 0.2) is 10.8 Å². The number of anilines is 1. The zero-order valence-corrected chi connectivity index (χ0v) is 15.3. The van der Waals surface area contributed by atoms with Crippen LogP contribution in [0, 0.1) is 5.92 Å². The highest BCUT2D eigenvalue weighted by molar-refractivity contribution is 7.13. The summed E-state index contributed by atoms with van der Waals surface area (Å²) < 4.78 is 5.28. The van der Waals surface area contributed by atoms with Gasteiger partial charge in [0.25, 0.3) is 5.91 Å². The molecular weight excluding hydrogens is 350 g/mol. The molecular formula is C19H19N3O3S. The first kappa shape index (κ1) is 17.9. The molecule has 134 valence electrons. The van der Waals surface area contributed by atoms with Crippen molar-refractivity contribution in [2.24, 2.45) is 5.92 Å². The molecule has 1 aromatic carbocycles. The van der Waals surface area contributed by atoms with Gasteiger partial charge < -0.3 is 15.1 Å². The second kappa shape index (κ2) is 7.97. The van der Waals surface area contributed by atoms with Crippen molar-refractivity contribution in [2.45, 2.75) is 20.4 Å². The summed E-state index contributed by atoms with van der Waals surface area (Å²) in [4.78, 5) is 28.2. The first-order valence-electron chi connectivity index (χ1n) is 8.20. The lowest BCUT2D eigenvalue weighted by Gasteiger charge is -2.09. The monoisotopic (exact) mass is 369 g/mol. The van der Waals surface area contributed by atoms with Gasteiger partial charge in [0.2, 0.25) is 5.91 Å². The lowest BCUT2D eigenvalue weighted by Crippen LogP contribution is -2.23. The highest BCUT2D eigenvalue weighted by atomic mass is 32.1. The molecule has 26 heavy (non-hydrogen) atoms. The Balaban J connectivity index is 1.55. The van der Waals surface area contributed by atoms with E-state index >= 15 is 0 Å². The van der Waals surface area contributed by atoms with Gasteiger partial charge in [-0.15, -0.1) is 11.3 Å². The third-order valence-electron chi connectivity index (χ3n) is 3.67. The highest BCUT2D eigenvalue weighted by Gasteiger charge is 2.13. The first-order valence-corrected chi connectivity index (χ1v) is 9.08. The predicted molar refractivity (Wildman–Crippen MR) is 101 cm³/mol. The van der Waals surface area contributed by atoms with Gasteiger partial charge >= 0.3 is 0 Å². The van der Waals surface area contributed by atoms with Crippen LogP contribution >= 0.6 is 11.3 Å². The van der Waals surface area contributed by atoms with Gasteiger partial charge in [-0.3, -0.25) is 9.59 Å². The minimum atomic E-state index is -0.240. The molecule has 0 bridgehead atoms. The molecule has 0 saturated carbocycles. The molecule has 0 unspecified atom stereocenters. The lowest BCUT2D eigenvalue weighted by molar-refractivity contribution is -0.118. The highest BCUT2D eigenvalue weighted by Crippen LogP contribution is 2.23. The van der Waals surface area contributed by atoms with Crippen LogP contribution in [-0.2, 0) is 11.3 Å². The molecule has 2 heterocycles. The average Bonchev–Trinajstić information content (AvgIpc) is 3.32. The molecule has 0 aliphatic heterocycles. The van der Waals surface area contributed by atoms with Gasteiger partial charge in [-0.05, 0) is 29.8 Å². The number of hydrogen-bond acceptors (Lipinski definition) is 5. The number of amides is 2. The minimum absolute atomic E-state index is 0.0260. The summed E-state index contributed by atoms with van der Waals surface area (Å²) >= 11 is 1.36. The number of furan rings is 1.